The van der Waals surface area contributed by atoms with Crippen molar-refractivity contribution in [2.75, 3.05) is 16.4 Å². The first-order valence-corrected chi connectivity index (χ1v) is 14.1. The summed E-state index contributed by atoms with van der Waals surface area (Å²) in [6.07, 6.45) is 3.27. The van der Waals surface area contributed by atoms with Gasteiger partial charge in [-0.1, -0.05) is 30.3 Å². The van der Waals surface area contributed by atoms with Crippen molar-refractivity contribution in [3.8, 4) is 0 Å². The molecule has 0 saturated carbocycles. The maximum absolute atomic E-state index is 13.3. The average molecular weight is 592 g/mol. The van der Waals surface area contributed by atoms with Crippen LogP contribution in [0.15, 0.2) is 120 Å². The molecular weight excluding hydrogens is 566 g/mol. The molecule has 0 aliphatic heterocycles. The molecule has 5 aromatic rings. The number of amides is 3. The zero-order valence-electron chi connectivity index (χ0n) is 22.6. The second kappa shape index (κ2) is 13.3. The maximum Gasteiger partial charge on any atom is 0.272 e. The second-order valence-corrected chi connectivity index (χ2v) is 10.4. The summed E-state index contributed by atoms with van der Waals surface area (Å²) in [5.74, 6) is -1.11. The number of aromatic nitrogens is 1. The van der Waals surface area contributed by atoms with Gasteiger partial charge in [-0.15, -0.1) is 11.8 Å². The number of H-pyrrole nitrogens is 1. The van der Waals surface area contributed by atoms with Crippen LogP contribution < -0.4 is 16.0 Å². The Bertz CT molecular complexity index is 1830. The standard InChI is InChI=1S/C32H25N5O5S/c38-30(34-25-12-11-22-15-16-33-28(22)19-25)20-43-27-8-4-7-24(18-27)35-32(40)29(36-31(39)23-5-2-1-3-6-23)17-21-9-13-26(14-10-21)37(41)42/h1-19,33H,20H2,(H,34,38)(H,35,40)(H,36,39)/b29-17+. The van der Waals surface area contributed by atoms with E-state index in [2.05, 4.69) is 20.9 Å². The van der Waals surface area contributed by atoms with Crippen molar-refractivity contribution in [1.82, 2.24) is 10.3 Å². The molecule has 0 unspecified atom stereocenters. The van der Waals surface area contributed by atoms with Crippen LogP contribution in [0.3, 0.4) is 0 Å². The molecule has 5 rings (SSSR count). The predicted octanol–water partition coefficient (Wildman–Crippen LogP) is 6.22. The summed E-state index contributed by atoms with van der Waals surface area (Å²) in [4.78, 5) is 53.1. The summed E-state index contributed by atoms with van der Waals surface area (Å²) < 4.78 is 0. The Labute approximate surface area is 250 Å². The van der Waals surface area contributed by atoms with Gasteiger partial charge in [-0.2, -0.15) is 0 Å². The number of hydrogen-bond acceptors (Lipinski definition) is 6. The highest BCUT2D eigenvalue weighted by Gasteiger charge is 2.16. The number of hydrogen-bond donors (Lipinski definition) is 4. The summed E-state index contributed by atoms with van der Waals surface area (Å²) in [6.45, 7) is 0. The van der Waals surface area contributed by atoms with Gasteiger partial charge in [0, 0.05) is 45.7 Å². The normalized spacial score (nSPS) is 11.1. The van der Waals surface area contributed by atoms with Gasteiger partial charge in [0.15, 0.2) is 0 Å². The van der Waals surface area contributed by atoms with Gasteiger partial charge in [-0.25, -0.2) is 0 Å². The van der Waals surface area contributed by atoms with Gasteiger partial charge >= 0.3 is 0 Å². The lowest BCUT2D eigenvalue weighted by Gasteiger charge is -2.12. The number of thioether (sulfide) groups is 1. The molecule has 43 heavy (non-hydrogen) atoms. The van der Waals surface area contributed by atoms with E-state index in [1.807, 2.05) is 36.5 Å². The van der Waals surface area contributed by atoms with Crippen LogP contribution in [0.2, 0.25) is 0 Å². The highest BCUT2D eigenvalue weighted by atomic mass is 32.2. The molecule has 0 aliphatic rings. The van der Waals surface area contributed by atoms with Gasteiger partial charge in [-0.05, 0) is 77.7 Å². The van der Waals surface area contributed by atoms with Crippen LogP contribution in [0.4, 0.5) is 17.1 Å². The fourth-order valence-corrected chi connectivity index (χ4v) is 4.89. The van der Waals surface area contributed by atoms with Crippen molar-refractivity contribution in [3.63, 3.8) is 0 Å². The number of nitrogens with zero attached hydrogens (tertiary/aromatic N) is 1. The monoisotopic (exact) mass is 591 g/mol. The molecule has 3 amide bonds. The van der Waals surface area contributed by atoms with E-state index in [9.17, 15) is 24.5 Å². The van der Waals surface area contributed by atoms with Crippen LogP contribution in [0.5, 0.6) is 0 Å². The van der Waals surface area contributed by atoms with E-state index in [0.717, 1.165) is 15.8 Å². The van der Waals surface area contributed by atoms with Crippen molar-refractivity contribution >= 4 is 63.5 Å². The van der Waals surface area contributed by atoms with Gasteiger partial charge in [0.25, 0.3) is 17.5 Å². The van der Waals surface area contributed by atoms with Crippen LogP contribution >= 0.6 is 11.8 Å². The summed E-state index contributed by atoms with van der Waals surface area (Å²) in [6, 6.07) is 28.6. The highest BCUT2D eigenvalue weighted by molar-refractivity contribution is 8.00. The molecule has 1 aromatic heterocycles. The van der Waals surface area contributed by atoms with E-state index in [0.29, 0.717) is 22.5 Å². The quantitative estimate of drug-likeness (QED) is 0.0657. The lowest BCUT2D eigenvalue weighted by Crippen LogP contribution is -2.30. The van der Waals surface area contributed by atoms with Crippen molar-refractivity contribution in [1.29, 1.82) is 0 Å². The number of fused-ring (bicyclic) bond motifs is 1. The predicted molar refractivity (Wildman–Crippen MR) is 168 cm³/mol. The Morgan fingerprint density at radius 1 is 0.837 bits per heavy atom. The van der Waals surface area contributed by atoms with E-state index in [1.165, 1.54) is 42.1 Å². The maximum atomic E-state index is 13.3. The third-order valence-electron chi connectivity index (χ3n) is 6.24. The van der Waals surface area contributed by atoms with E-state index < -0.39 is 16.7 Å². The Morgan fingerprint density at radius 3 is 2.37 bits per heavy atom. The molecule has 0 bridgehead atoms. The summed E-state index contributed by atoms with van der Waals surface area (Å²) >= 11 is 1.31. The fraction of sp³-hybridized carbons (Fsp3) is 0.0312. The van der Waals surface area contributed by atoms with Crippen molar-refractivity contribution < 1.29 is 19.3 Å². The molecule has 1 heterocycles. The lowest BCUT2D eigenvalue weighted by molar-refractivity contribution is -0.384. The van der Waals surface area contributed by atoms with Gasteiger partial charge in [-0.3, -0.25) is 24.5 Å². The zero-order chi connectivity index (χ0) is 30.2. The van der Waals surface area contributed by atoms with Gasteiger partial charge in [0.1, 0.15) is 5.70 Å². The molecule has 0 fully saturated rings. The number of benzene rings is 4. The molecule has 4 N–H and O–H groups in total. The number of nitro groups is 1. The first kappa shape index (κ1) is 28.8. The Kier molecular flexibility index (Phi) is 8.93. The topological polar surface area (TPSA) is 146 Å². The van der Waals surface area contributed by atoms with Crippen LogP contribution in [-0.4, -0.2) is 33.4 Å². The summed E-state index contributed by atoms with van der Waals surface area (Å²) in [5, 5.41) is 20.4. The van der Waals surface area contributed by atoms with Crippen molar-refractivity contribution in [3.05, 3.63) is 136 Å². The number of carbonyl (C=O) groups excluding carboxylic acids is 3. The van der Waals surface area contributed by atoms with Crippen LogP contribution in [0.1, 0.15) is 15.9 Å². The zero-order valence-corrected chi connectivity index (χ0v) is 23.4. The number of nitrogens with one attached hydrogen (secondary N) is 4. The van der Waals surface area contributed by atoms with E-state index >= 15 is 0 Å². The fourth-order valence-electron chi connectivity index (χ4n) is 4.13. The minimum atomic E-state index is -0.595. The van der Waals surface area contributed by atoms with Gasteiger partial charge < -0.3 is 20.9 Å². The molecule has 0 radical (unpaired) electrons. The van der Waals surface area contributed by atoms with Crippen LogP contribution in [0, 0.1) is 10.1 Å². The average Bonchev–Trinajstić information content (AvgIpc) is 3.48. The SMILES string of the molecule is O=C(CSc1cccc(NC(=O)/C(=C\c2ccc([N+](=O)[O-])cc2)NC(=O)c2ccccc2)c1)Nc1ccc2cc[nH]c2c1. The third-order valence-corrected chi connectivity index (χ3v) is 7.24. The highest BCUT2D eigenvalue weighted by Crippen LogP contribution is 2.23. The van der Waals surface area contributed by atoms with Crippen LogP contribution in [0.25, 0.3) is 17.0 Å². The number of anilines is 2. The van der Waals surface area contributed by atoms with E-state index in [-0.39, 0.29) is 23.0 Å². The third kappa shape index (κ3) is 7.75. The first-order valence-electron chi connectivity index (χ1n) is 13.1. The minimum absolute atomic E-state index is 0.0563. The van der Waals surface area contributed by atoms with Gasteiger partial charge in [0.05, 0.1) is 10.7 Å². The number of rotatable bonds is 10. The van der Waals surface area contributed by atoms with Crippen LogP contribution in [-0.2, 0) is 9.59 Å². The molecule has 0 atom stereocenters. The Morgan fingerprint density at radius 2 is 1.60 bits per heavy atom. The molecule has 0 saturated heterocycles. The first-order chi connectivity index (χ1) is 20.8. The molecule has 4 aromatic carbocycles. The van der Waals surface area contributed by atoms with Gasteiger partial charge in [0.2, 0.25) is 5.91 Å². The summed E-state index contributed by atoms with van der Waals surface area (Å²) in [5.41, 5.74) is 2.75. The number of non-ortho nitro benzene ring substituents is 1. The number of nitro benzene ring substituents is 1. The lowest BCUT2D eigenvalue weighted by atomic mass is 10.1. The molecule has 11 heteroatoms. The van der Waals surface area contributed by atoms with Crippen molar-refractivity contribution in [2.24, 2.45) is 0 Å². The smallest absolute Gasteiger partial charge is 0.272 e. The Hall–Kier alpha value is -5.68. The molecule has 214 valence electrons. The minimum Gasteiger partial charge on any atom is -0.361 e. The second-order valence-electron chi connectivity index (χ2n) is 9.33. The molecule has 10 nitrogen and oxygen atoms in total. The molecule has 0 spiro atoms. The van der Waals surface area contributed by atoms with Crippen molar-refractivity contribution in [2.45, 2.75) is 4.90 Å². The summed E-state index contributed by atoms with van der Waals surface area (Å²) in [7, 11) is 0. The largest absolute Gasteiger partial charge is 0.361 e. The molecular formula is C32H25N5O5S. The Balaban J connectivity index is 1.26. The molecule has 0 aliphatic carbocycles. The van der Waals surface area contributed by atoms with E-state index in [4.69, 9.17) is 0 Å². The number of aromatic amines is 1. The number of carbonyl (C=O) groups is 3. The van der Waals surface area contributed by atoms with E-state index in [1.54, 1.807) is 48.5 Å².